The van der Waals surface area contributed by atoms with E-state index in [1.165, 1.54) is 0 Å². The van der Waals surface area contributed by atoms with Gasteiger partial charge in [0, 0.05) is 0 Å². The number of ketones is 1. The molecule has 0 aliphatic carbocycles. The maximum Gasteiger partial charge on any atom is 0.205 e. The normalized spacial score (nSPS) is 9.00. The number of halogens is 2. The zero-order valence-corrected chi connectivity index (χ0v) is 4.83. The number of hydrogen-bond donors (Lipinski definition) is 1. The summed E-state index contributed by atoms with van der Waals surface area (Å²) in [6.07, 6.45) is 0.588. The Bertz CT molecular complexity index is 90.9. The summed E-state index contributed by atoms with van der Waals surface area (Å²) in [6.45, 7) is 0. The summed E-state index contributed by atoms with van der Waals surface area (Å²) >= 11 is 9.99. The lowest BCUT2D eigenvalue weighted by molar-refractivity contribution is -0.111. The van der Waals surface area contributed by atoms with Gasteiger partial charge in [0.05, 0.1) is 6.21 Å². The highest BCUT2D eigenvalue weighted by atomic mass is 35.5. The average Bonchev–Trinajstić information content (AvgIpc) is 1.65. The molecule has 0 amide bonds. The fourth-order valence-electron chi connectivity index (χ4n) is 0.0630. The van der Waals surface area contributed by atoms with Gasteiger partial charge in [-0.25, -0.2) is 0 Å². The van der Waals surface area contributed by atoms with E-state index in [9.17, 15) is 4.79 Å². The molecule has 0 radical (unpaired) electrons. The third-order valence-corrected chi connectivity index (χ3v) is 0.787. The summed E-state index contributed by atoms with van der Waals surface area (Å²) in [5.41, 5.74) is 0. The van der Waals surface area contributed by atoms with Crippen molar-refractivity contribution in [3.05, 3.63) is 0 Å². The number of alkyl halides is 2. The van der Waals surface area contributed by atoms with E-state index in [1.54, 1.807) is 0 Å². The first kappa shape index (κ1) is 6.92. The molecule has 0 aromatic rings. The quantitative estimate of drug-likeness (QED) is 0.451. The van der Waals surface area contributed by atoms with Crippen molar-refractivity contribution in [3.8, 4) is 0 Å². The first-order valence-electron chi connectivity index (χ1n) is 1.51. The molecule has 0 saturated heterocycles. The first-order chi connectivity index (χ1) is 3.18. The van der Waals surface area contributed by atoms with Crippen molar-refractivity contribution in [1.82, 2.24) is 0 Å². The molecule has 1 N–H and O–H groups in total. The van der Waals surface area contributed by atoms with Crippen LogP contribution in [-0.2, 0) is 4.79 Å². The van der Waals surface area contributed by atoms with Crippen LogP contribution >= 0.6 is 23.2 Å². The van der Waals surface area contributed by atoms with Gasteiger partial charge in [0.25, 0.3) is 0 Å². The predicted octanol–water partition coefficient (Wildman–Crippen LogP) is 1.01. The Morgan fingerprint density at radius 3 is 2.14 bits per heavy atom. The number of rotatable bonds is 2. The number of carbonyl (C=O) groups is 1. The lowest BCUT2D eigenvalue weighted by atomic mass is 10.5. The van der Waals surface area contributed by atoms with Gasteiger partial charge in [-0.1, -0.05) is 23.2 Å². The molecule has 0 aliphatic heterocycles. The highest BCUT2D eigenvalue weighted by molar-refractivity contribution is 6.60. The van der Waals surface area contributed by atoms with Gasteiger partial charge in [0.15, 0.2) is 4.84 Å². The van der Waals surface area contributed by atoms with Crippen LogP contribution < -0.4 is 0 Å². The molecule has 0 saturated carbocycles. The molecular weight excluding hydrogens is 137 g/mol. The summed E-state index contributed by atoms with van der Waals surface area (Å²) in [6, 6.07) is 0. The second-order valence-electron chi connectivity index (χ2n) is 0.847. The Morgan fingerprint density at radius 1 is 1.71 bits per heavy atom. The Hall–Kier alpha value is -0.0800. The molecule has 0 heterocycles. The molecule has 0 aromatic heterocycles. The van der Waals surface area contributed by atoms with Crippen molar-refractivity contribution in [2.24, 2.45) is 0 Å². The molecule has 7 heavy (non-hydrogen) atoms. The largest absolute Gasteiger partial charge is 0.305 e. The molecule has 0 unspecified atom stereocenters. The van der Waals surface area contributed by atoms with Crippen molar-refractivity contribution < 1.29 is 4.79 Å². The van der Waals surface area contributed by atoms with Crippen molar-refractivity contribution >= 4 is 35.2 Å². The molecule has 4 heteroatoms. The van der Waals surface area contributed by atoms with E-state index < -0.39 is 10.6 Å². The summed E-state index contributed by atoms with van der Waals surface area (Å²) in [7, 11) is 0. The van der Waals surface area contributed by atoms with E-state index >= 15 is 0 Å². The van der Waals surface area contributed by atoms with Crippen LogP contribution in [0.3, 0.4) is 0 Å². The van der Waals surface area contributed by atoms with E-state index in [-0.39, 0.29) is 0 Å². The van der Waals surface area contributed by atoms with Gasteiger partial charge in [0.1, 0.15) is 0 Å². The van der Waals surface area contributed by atoms with Crippen LogP contribution in [0.25, 0.3) is 0 Å². The molecule has 2 nitrogen and oxygen atoms in total. The minimum atomic E-state index is -1.07. The molecular formula is C3H3Cl2NO. The van der Waals surface area contributed by atoms with Crippen molar-refractivity contribution in [1.29, 1.82) is 5.41 Å². The zero-order valence-electron chi connectivity index (χ0n) is 3.32. The van der Waals surface area contributed by atoms with Crippen LogP contribution in [0.5, 0.6) is 0 Å². The fraction of sp³-hybridized carbons (Fsp3) is 0.333. The van der Waals surface area contributed by atoms with Gasteiger partial charge < -0.3 is 5.41 Å². The third kappa shape index (κ3) is 2.60. The Labute approximate surface area is 50.9 Å². The van der Waals surface area contributed by atoms with Crippen LogP contribution in [-0.4, -0.2) is 16.8 Å². The van der Waals surface area contributed by atoms with Crippen LogP contribution in [0.1, 0.15) is 0 Å². The number of nitrogens with one attached hydrogen (secondary N) is 1. The molecule has 0 rings (SSSR count). The van der Waals surface area contributed by atoms with Gasteiger partial charge >= 0.3 is 0 Å². The topological polar surface area (TPSA) is 40.9 Å². The van der Waals surface area contributed by atoms with Crippen LogP contribution in [0.15, 0.2) is 0 Å². The second kappa shape index (κ2) is 2.99. The van der Waals surface area contributed by atoms with Gasteiger partial charge in [0.2, 0.25) is 5.78 Å². The fourth-order valence-corrected chi connectivity index (χ4v) is 0.189. The Kier molecular flexibility index (Phi) is 2.96. The first-order valence-corrected chi connectivity index (χ1v) is 2.38. The van der Waals surface area contributed by atoms with Crippen LogP contribution in [0, 0.1) is 5.41 Å². The summed E-state index contributed by atoms with van der Waals surface area (Å²) in [5, 5.41) is 6.30. The lowest BCUT2D eigenvalue weighted by Crippen LogP contribution is -2.06. The third-order valence-electron chi connectivity index (χ3n) is 0.357. The van der Waals surface area contributed by atoms with Crippen molar-refractivity contribution in [3.63, 3.8) is 0 Å². The smallest absolute Gasteiger partial charge is 0.205 e. The Balaban J connectivity index is 3.56. The predicted molar refractivity (Wildman–Crippen MR) is 29.3 cm³/mol. The van der Waals surface area contributed by atoms with E-state index in [1.807, 2.05) is 0 Å². The molecule has 0 bridgehead atoms. The zero-order chi connectivity index (χ0) is 5.86. The molecule has 0 aromatic carbocycles. The molecule has 0 aliphatic rings. The monoisotopic (exact) mass is 139 g/mol. The van der Waals surface area contributed by atoms with Gasteiger partial charge in [-0.2, -0.15) is 0 Å². The minimum absolute atomic E-state index is 0.580. The summed E-state index contributed by atoms with van der Waals surface area (Å²) in [5.74, 6) is -0.580. The molecule has 0 fully saturated rings. The van der Waals surface area contributed by atoms with E-state index in [0.29, 0.717) is 6.21 Å². The SMILES string of the molecule is N=CC(=O)C(Cl)Cl. The van der Waals surface area contributed by atoms with Crippen molar-refractivity contribution in [2.75, 3.05) is 0 Å². The van der Waals surface area contributed by atoms with E-state index in [0.717, 1.165) is 0 Å². The standard InChI is InChI=1S/C3H3Cl2NO/c4-3(5)2(7)1-6/h1,3,6H. The molecule has 40 valence electrons. The van der Waals surface area contributed by atoms with Gasteiger partial charge in [-0.15, -0.1) is 0 Å². The number of Topliss-reactive ketones (excluding diaryl/α,β-unsaturated/α-hetero) is 1. The number of carbonyl (C=O) groups excluding carboxylic acids is 1. The van der Waals surface area contributed by atoms with E-state index in [4.69, 9.17) is 28.6 Å². The minimum Gasteiger partial charge on any atom is -0.305 e. The van der Waals surface area contributed by atoms with Gasteiger partial charge in [-0.05, 0) is 0 Å². The Morgan fingerprint density at radius 2 is 2.14 bits per heavy atom. The van der Waals surface area contributed by atoms with Gasteiger partial charge in [-0.3, -0.25) is 4.79 Å². The average molecular weight is 140 g/mol. The maximum absolute atomic E-state index is 10.0. The molecule has 0 spiro atoms. The lowest BCUT2D eigenvalue weighted by Gasteiger charge is -1.86. The highest BCUT2D eigenvalue weighted by Gasteiger charge is 2.05. The van der Waals surface area contributed by atoms with E-state index in [2.05, 4.69) is 0 Å². The molecule has 0 atom stereocenters. The number of hydrogen-bond acceptors (Lipinski definition) is 2. The highest BCUT2D eigenvalue weighted by Crippen LogP contribution is 1.99. The van der Waals surface area contributed by atoms with Crippen LogP contribution in [0.4, 0.5) is 0 Å². The summed E-state index contributed by atoms with van der Waals surface area (Å²) in [4.78, 5) is 8.93. The maximum atomic E-state index is 10.0. The van der Waals surface area contributed by atoms with Crippen LogP contribution in [0.2, 0.25) is 0 Å². The van der Waals surface area contributed by atoms with Crippen molar-refractivity contribution in [2.45, 2.75) is 4.84 Å². The second-order valence-corrected chi connectivity index (χ2v) is 1.94. The summed E-state index contributed by atoms with van der Waals surface area (Å²) < 4.78 is 0.